The van der Waals surface area contributed by atoms with Crippen molar-refractivity contribution in [1.82, 2.24) is 0 Å². The van der Waals surface area contributed by atoms with Crippen LogP contribution in [0.15, 0.2) is 47.6 Å². The van der Waals surface area contributed by atoms with Crippen LogP contribution in [0.4, 0.5) is 0 Å². The van der Waals surface area contributed by atoms with Gasteiger partial charge in [-0.2, -0.15) is 0 Å². The second kappa shape index (κ2) is 3.89. The van der Waals surface area contributed by atoms with Crippen LogP contribution in [0.1, 0.15) is 25.3 Å². The van der Waals surface area contributed by atoms with Crippen molar-refractivity contribution in [1.29, 1.82) is 0 Å². The number of aliphatic imine (C=N–C) groups is 1. The van der Waals surface area contributed by atoms with Crippen molar-refractivity contribution < 1.29 is 0 Å². The molecule has 1 aliphatic carbocycles. The largest absolute Gasteiger partial charge is 0.261 e. The van der Waals surface area contributed by atoms with Gasteiger partial charge in [0.05, 0.1) is 5.71 Å². The van der Waals surface area contributed by atoms with E-state index in [0.717, 1.165) is 11.8 Å². The van der Waals surface area contributed by atoms with E-state index in [1.807, 2.05) is 6.20 Å². The van der Waals surface area contributed by atoms with Crippen molar-refractivity contribution >= 4 is 5.71 Å². The molecule has 0 amide bonds. The zero-order valence-electron chi connectivity index (χ0n) is 9.63. The quantitative estimate of drug-likeness (QED) is 0.672. The van der Waals surface area contributed by atoms with Gasteiger partial charge in [-0.25, -0.2) is 0 Å². The molecular formula is C15H17N. The second-order valence-electron chi connectivity index (χ2n) is 5.07. The Morgan fingerprint density at radius 2 is 1.94 bits per heavy atom. The average molecular weight is 211 g/mol. The predicted octanol–water partition coefficient (Wildman–Crippen LogP) is 3.67. The maximum atomic E-state index is 4.61. The van der Waals surface area contributed by atoms with Crippen molar-refractivity contribution in [2.24, 2.45) is 22.7 Å². The summed E-state index contributed by atoms with van der Waals surface area (Å²) in [7, 11) is 0. The molecule has 1 saturated carbocycles. The number of rotatable bonds is 1. The summed E-state index contributed by atoms with van der Waals surface area (Å²) in [6, 6.07) is 10.6. The van der Waals surface area contributed by atoms with E-state index < -0.39 is 0 Å². The van der Waals surface area contributed by atoms with Crippen LogP contribution in [-0.2, 0) is 0 Å². The maximum absolute atomic E-state index is 4.61. The molecule has 0 bridgehead atoms. The molecule has 0 spiro atoms. The fourth-order valence-corrected chi connectivity index (χ4v) is 3.09. The van der Waals surface area contributed by atoms with Crippen molar-refractivity contribution in [3.8, 4) is 0 Å². The summed E-state index contributed by atoms with van der Waals surface area (Å²) in [5, 5.41) is 0. The third kappa shape index (κ3) is 1.60. The standard InChI is InChI=1S/C15H17N/c1-11-9-13-7-8-16-15(14(13)10-11)12-5-3-2-4-6-12/h2-8,11,13-14H,9-10H2,1H3. The Kier molecular flexibility index (Phi) is 2.39. The number of nitrogens with zero attached hydrogens (tertiary/aromatic N) is 1. The van der Waals surface area contributed by atoms with Crippen LogP contribution >= 0.6 is 0 Å². The molecule has 0 radical (unpaired) electrons. The van der Waals surface area contributed by atoms with Gasteiger partial charge in [0.2, 0.25) is 0 Å². The lowest BCUT2D eigenvalue weighted by atomic mass is 9.86. The highest BCUT2D eigenvalue weighted by Gasteiger charge is 2.35. The van der Waals surface area contributed by atoms with E-state index in [1.165, 1.54) is 24.1 Å². The molecule has 0 saturated heterocycles. The van der Waals surface area contributed by atoms with Gasteiger partial charge in [0.1, 0.15) is 0 Å². The lowest BCUT2D eigenvalue weighted by molar-refractivity contribution is 0.576. The maximum Gasteiger partial charge on any atom is 0.0512 e. The number of allylic oxidation sites excluding steroid dienone is 1. The molecule has 3 atom stereocenters. The van der Waals surface area contributed by atoms with Crippen LogP contribution in [0, 0.1) is 17.8 Å². The molecule has 2 aliphatic rings. The fraction of sp³-hybridized carbons (Fsp3) is 0.400. The van der Waals surface area contributed by atoms with E-state index >= 15 is 0 Å². The molecule has 1 aliphatic heterocycles. The van der Waals surface area contributed by atoms with Crippen molar-refractivity contribution in [3.05, 3.63) is 48.2 Å². The molecule has 1 heterocycles. The normalized spacial score (nSPS) is 32.3. The Labute approximate surface area is 96.9 Å². The van der Waals surface area contributed by atoms with Crippen LogP contribution in [-0.4, -0.2) is 5.71 Å². The summed E-state index contributed by atoms with van der Waals surface area (Å²) < 4.78 is 0. The molecule has 1 aromatic rings. The van der Waals surface area contributed by atoms with E-state index in [4.69, 9.17) is 0 Å². The predicted molar refractivity (Wildman–Crippen MR) is 67.5 cm³/mol. The molecule has 3 unspecified atom stereocenters. The smallest absolute Gasteiger partial charge is 0.0512 e. The molecule has 1 aromatic carbocycles. The minimum atomic E-state index is 0.655. The molecule has 1 heteroatoms. The summed E-state index contributed by atoms with van der Waals surface area (Å²) in [4.78, 5) is 4.61. The third-order valence-electron chi connectivity index (χ3n) is 3.82. The zero-order valence-corrected chi connectivity index (χ0v) is 9.63. The van der Waals surface area contributed by atoms with Crippen LogP contribution in [0.5, 0.6) is 0 Å². The summed E-state index contributed by atoms with van der Waals surface area (Å²) in [6.45, 7) is 2.36. The average Bonchev–Trinajstić information content (AvgIpc) is 2.70. The Hall–Kier alpha value is -1.37. The van der Waals surface area contributed by atoms with Crippen LogP contribution in [0.2, 0.25) is 0 Å². The summed E-state index contributed by atoms with van der Waals surface area (Å²) in [6.07, 6.45) is 6.91. The molecule has 0 aromatic heterocycles. The highest BCUT2D eigenvalue weighted by molar-refractivity contribution is 6.03. The van der Waals surface area contributed by atoms with Crippen LogP contribution < -0.4 is 0 Å². The molecule has 1 nitrogen and oxygen atoms in total. The van der Waals surface area contributed by atoms with E-state index in [1.54, 1.807) is 0 Å². The number of fused-ring (bicyclic) bond motifs is 1. The van der Waals surface area contributed by atoms with Gasteiger partial charge in [-0.15, -0.1) is 0 Å². The molecule has 3 rings (SSSR count). The Bertz CT molecular complexity index is 430. The minimum absolute atomic E-state index is 0.655. The highest BCUT2D eigenvalue weighted by Crippen LogP contribution is 2.40. The minimum Gasteiger partial charge on any atom is -0.261 e. The summed E-state index contributed by atoms with van der Waals surface area (Å²) in [5.41, 5.74) is 2.61. The van der Waals surface area contributed by atoms with Crippen molar-refractivity contribution in [3.63, 3.8) is 0 Å². The van der Waals surface area contributed by atoms with Gasteiger partial charge in [0.15, 0.2) is 0 Å². The first-order valence-electron chi connectivity index (χ1n) is 6.14. The molecular weight excluding hydrogens is 194 g/mol. The third-order valence-corrected chi connectivity index (χ3v) is 3.82. The molecule has 82 valence electrons. The SMILES string of the molecule is CC1CC2C=CN=C(c3ccccc3)C2C1. The van der Waals surface area contributed by atoms with E-state index in [9.17, 15) is 0 Å². The lowest BCUT2D eigenvalue weighted by Crippen LogP contribution is -2.21. The Morgan fingerprint density at radius 1 is 1.12 bits per heavy atom. The van der Waals surface area contributed by atoms with Crippen molar-refractivity contribution in [2.45, 2.75) is 19.8 Å². The van der Waals surface area contributed by atoms with Crippen LogP contribution in [0.3, 0.4) is 0 Å². The topological polar surface area (TPSA) is 12.4 Å². The van der Waals surface area contributed by atoms with Crippen molar-refractivity contribution in [2.75, 3.05) is 0 Å². The number of hydrogen-bond donors (Lipinski definition) is 0. The Balaban J connectivity index is 1.96. The first-order valence-corrected chi connectivity index (χ1v) is 6.14. The highest BCUT2D eigenvalue weighted by atomic mass is 14.7. The van der Waals surface area contributed by atoms with Gasteiger partial charge in [-0.1, -0.05) is 43.3 Å². The molecule has 1 fully saturated rings. The van der Waals surface area contributed by atoms with Gasteiger partial charge in [0.25, 0.3) is 0 Å². The van der Waals surface area contributed by atoms with Gasteiger partial charge in [0, 0.05) is 12.1 Å². The fourth-order valence-electron chi connectivity index (χ4n) is 3.09. The van der Waals surface area contributed by atoms with E-state index in [0.29, 0.717) is 5.92 Å². The van der Waals surface area contributed by atoms with Crippen LogP contribution in [0.25, 0.3) is 0 Å². The van der Waals surface area contributed by atoms with Gasteiger partial charge in [-0.3, -0.25) is 4.99 Å². The zero-order chi connectivity index (χ0) is 11.0. The number of hydrogen-bond acceptors (Lipinski definition) is 1. The molecule has 16 heavy (non-hydrogen) atoms. The molecule has 0 N–H and O–H groups in total. The van der Waals surface area contributed by atoms with Gasteiger partial charge >= 0.3 is 0 Å². The summed E-state index contributed by atoms with van der Waals surface area (Å²) in [5.74, 6) is 2.22. The Morgan fingerprint density at radius 3 is 2.75 bits per heavy atom. The van der Waals surface area contributed by atoms with E-state index in [-0.39, 0.29) is 0 Å². The number of benzene rings is 1. The van der Waals surface area contributed by atoms with Gasteiger partial charge in [-0.05, 0) is 30.2 Å². The second-order valence-corrected chi connectivity index (χ2v) is 5.07. The van der Waals surface area contributed by atoms with Gasteiger partial charge < -0.3 is 0 Å². The lowest BCUT2D eigenvalue weighted by Gasteiger charge is -2.21. The monoisotopic (exact) mass is 211 g/mol. The first-order chi connectivity index (χ1) is 7.84. The first kappa shape index (κ1) is 9.83. The summed E-state index contributed by atoms with van der Waals surface area (Å²) >= 11 is 0. The van der Waals surface area contributed by atoms with E-state index in [2.05, 4.69) is 48.3 Å².